The molecule has 0 spiro atoms. The van der Waals surface area contributed by atoms with Gasteiger partial charge in [0.25, 0.3) is 5.91 Å². The number of aromatic nitrogens is 3. The van der Waals surface area contributed by atoms with Crippen molar-refractivity contribution in [1.82, 2.24) is 20.4 Å². The minimum absolute atomic E-state index is 0.202. The smallest absolute Gasteiger partial charge is 0.269 e. The molecule has 0 aliphatic heterocycles. The standard InChI is InChI=1S/C16H13Cl2N7O/c17-10-1-2-12(11(18)7-10)23-14-13(19)15(22-8-21-14)24-25-16(26)9-3-5-20-6-4-9/h1-8H,19H2,(H,25,26)(H2,21,22,23,24). The summed E-state index contributed by atoms with van der Waals surface area (Å²) in [5, 5.41) is 3.92. The second kappa shape index (κ2) is 7.85. The number of amides is 1. The summed E-state index contributed by atoms with van der Waals surface area (Å²) in [4.78, 5) is 24.0. The van der Waals surface area contributed by atoms with Gasteiger partial charge >= 0.3 is 0 Å². The lowest BCUT2D eigenvalue weighted by Gasteiger charge is -2.14. The fourth-order valence-electron chi connectivity index (χ4n) is 2.00. The number of hydrogen-bond acceptors (Lipinski definition) is 7. The number of hydrazine groups is 1. The van der Waals surface area contributed by atoms with E-state index in [-0.39, 0.29) is 17.4 Å². The van der Waals surface area contributed by atoms with Gasteiger partial charge in [0.1, 0.15) is 12.0 Å². The first-order valence-corrected chi connectivity index (χ1v) is 8.09. The molecule has 1 aromatic carbocycles. The van der Waals surface area contributed by atoms with E-state index in [4.69, 9.17) is 28.9 Å². The van der Waals surface area contributed by atoms with E-state index in [0.29, 0.717) is 27.1 Å². The molecule has 1 amide bonds. The highest BCUT2D eigenvalue weighted by atomic mass is 35.5. The number of hydrogen-bond donors (Lipinski definition) is 4. The van der Waals surface area contributed by atoms with Crippen molar-refractivity contribution in [2.24, 2.45) is 0 Å². The minimum atomic E-state index is -0.360. The van der Waals surface area contributed by atoms with Gasteiger partial charge in [0.05, 0.1) is 10.7 Å². The van der Waals surface area contributed by atoms with E-state index in [0.717, 1.165) is 0 Å². The third kappa shape index (κ3) is 4.11. The van der Waals surface area contributed by atoms with Gasteiger partial charge in [0.2, 0.25) is 0 Å². The zero-order valence-electron chi connectivity index (χ0n) is 13.2. The molecule has 0 atom stereocenters. The summed E-state index contributed by atoms with van der Waals surface area (Å²) in [5.41, 5.74) is 12.5. The molecule has 2 aromatic heterocycles. The molecule has 132 valence electrons. The molecule has 8 nitrogen and oxygen atoms in total. The first-order valence-electron chi connectivity index (χ1n) is 7.33. The van der Waals surface area contributed by atoms with Crippen molar-refractivity contribution in [2.75, 3.05) is 16.5 Å². The predicted octanol–water partition coefficient (Wildman–Crippen LogP) is 3.26. The van der Waals surface area contributed by atoms with Crippen LogP contribution >= 0.6 is 23.2 Å². The van der Waals surface area contributed by atoms with Crippen molar-refractivity contribution in [2.45, 2.75) is 0 Å². The largest absolute Gasteiger partial charge is 0.393 e. The van der Waals surface area contributed by atoms with Gasteiger partial charge in [-0.1, -0.05) is 23.2 Å². The Labute approximate surface area is 158 Å². The molecule has 0 saturated heterocycles. The Morgan fingerprint density at radius 2 is 1.77 bits per heavy atom. The number of rotatable bonds is 5. The van der Waals surface area contributed by atoms with Crippen molar-refractivity contribution >= 4 is 52.1 Å². The van der Waals surface area contributed by atoms with Crippen LogP contribution in [0.15, 0.2) is 49.1 Å². The number of benzene rings is 1. The first-order chi connectivity index (χ1) is 12.5. The van der Waals surface area contributed by atoms with Crippen LogP contribution in [0.1, 0.15) is 10.4 Å². The molecule has 10 heteroatoms. The lowest BCUT2D eigenvalue weighted by molar-refractivity contribution is 0.0962. The molecule has 3 aromatic rings. The zero-order chi connectivity index (χ0) is 18.5. The number of carbonyl (C=O) groups excluding carboxylic acids is 1. The van der Waals surface area contributed by atoms with E-state index in [1.54, 1.807) is 30.3 Å². The molecule has 0 unspecified atom stereocenters. The van der Waals surface area contributed by atoms with Gasteiger partial charge in [-0.25, -0.2) is 9.97 Å². The second-order valence-corrected chi connectivity index (χ2v) is 5.89. The minimum Gasteiger partial charge on any atom is -0.393 e. The number of nitrogens with two attached hydrogens (primary N) is 1. The maximum atomic E-state index is 12.1. The highest BCUT2D eigenvalue weighted by Crippen LogP contribution is 2.31. The average Bonchev–Trinajstić information content (AvgIpc) is 2.65. The Morgan fingerprint density at radius 3 is 2.50 bits per heavy atom. The summed E-state index contributed by atoms with van der Waals surface area (Å²) < 4.78 is 0. The van der Waals surface area contributed by atoms with E-state index in [2.05, 4.69) is 31.1 Å². The molecule has 0 aliphatic carbocycles. The summed E-state index contributed by atoms with van der Waals surface area (Å²) in [6, 6.07) is 8.13. The van der Waals surface area contributed by atoms with Gasteiger partial charge in [-0.2, -0.15) is 0 Å². The summed E-state index contributed by atoms with van der Waals surface area (Å²) in [6.07, 6.45) is 4.33. The zero-order valence-corrected chi connectivity index (χ0v) is 14.7. The molecule has 0 bridgehead atoms. The van der Waals surface area contributed by atoms with Crippen molar-refractivity contribution in [3.63, 3.8) is 0 Å². The summed E-state index contributed by atoms with van der Waals surface area (Å²) in [6.45, 7) is 0. The second-order valence-electron chi connectivity index (χ2n) is 5.05. The number of halogens is 2. The molecule has 3 rings (SSSR count). The maximum absolute atomic E-state index is 12.1. The number of pyridine rings is 1. The van der Waals surface area contributed by atoms with Crippen LogP contribution in [0.2, 0.25) is 10.0 Å². The third-order valence-corrected chi connectivity index (χ3v) is 3.85. The van der Waals surface area contributed by atoms with Crippen LogP contribution < -0.4 is 21.9 Å². The van der Waals surface area contributed by atoms with E-state index in [1.807, 2.05) is 0 Å². The fourth-order valence-corrected chi connectivity index (χ4v) is 2.46. The van der Waals surface area contributed by atoms with Crippen molar-refractivity contribution in [3.05, 3.63) is 64.7 Å². The molecular formula is C16H13Cl2N7O. The number of nitrogen functional groups attached to an aromatic ring is 1. The lowest BCUT2D eigenvalue weighted by Crippen LogP contribution is -2.30. The molecule has 2 heterocycles. The summed E-state index contributed by atoms with van der Waals surface area (Å²) >= 11 is 12.0. The van der Waals surface area contributed by atoms with Crippen molar-refractivity contribution in [1.29, 1.82) is 0 Å². The van der Waals surface area contributed by atoms with Crippen molar-refractivity contribution < 1.29 is 4.79 Å². The van der Waals surface area contributed by atoms with Crippen LogP contribution in [0.5, 0.6) is 0 Å². The van der Waals surface area contributed by atoms with E-state index in [1.165, 1.54) is 18.7 Å². The van der Waals surface area contributed by atoms with Crippen LogP contribution in [-0.4, -0.2) is 20.9 Å². The molecule has 0 radical (unpaired) electrons. The van der Waals surface area contributed by atoms with Gasteiger partial charge in [0, 0.05) is 23.0 Å². The van der Waals surface area contributed by atoms with Gasteiger partial charge < -0.3 is 11.1 Å². The number of nitrogens with one attached hydrogen (secondary N) is 3. The average molecular weight is 390 g/mol. The predicted molar refractivity (Wildman–Crippen MR) is 102 cm³/mol. The number of anilines is 4. The Bertz CT molecular complexity index is 937. The normalized spacial score (nSPS) is 10.2. The van der Waals surface area contributed by atoms with Gasteiger partial charge in [0.15, 0.2) is 11.6 Å². The lowest BCUT2D eigenvalue weighted by atomic mass is 10.3. The highest BCUT2D eigenvalue weighted by Gasteiger charge is 2.11. The first kappa shape index (κ1) is 17.7. The van der Waals surface area contributed by atoms with Gasteiger partial charge in [-0.3, -0.25) is 20.6 Å². The van der Waals surface area contributed by atoms with Crippen LogP contribution in [0.3, 0.4) is 0 Å². The van der Waals surface area contributed by atoms with Gasteiger partial charge in [-0.15, -0.1) is 0 Å². The van der Waals surface area contributed by atoms with Gasteiger partial charge in [-0.05, 0) is 30.3 Å². The van der Waals surface area contributed by atoms with E-state index < -0.39 is 0 Å². The Hall–Kier alpha value is -3.10. The van der Waals surface area contributed by atoms with Crippen LogP contribution in [-0.2, 0) is 0 Å². The van der Waals surface area contributed by atoms with Crippen LogP contribution in [0, 0.1) is 0 Å². The van der Waals surface area contributed by atoms with E-state index in [9.17, 15) is 4.79 Å². The SMILES string of the molecule is Nc1c(NNC(=O)c2ccncc2)ncnc1Nc1ccc(Cl)cc1Cl. The third-order valence-electron chi connectivity index (χ3n) is 3.31. The molecule has 0 fully saturated rings. The molecular weight excluding hydrogens is 377 g/mol. The summed E-state index contributed by atoms with van der Waals surface area (Å²) in [7, 11) is 0. The summed E-state index contributed by atoms with van der Waals surface area (Å²) in [5.74, 6) is 0.195. The van der Waals surface area contributed by atoms with Crippen molar-refractivity contribution in [3.8, 4) is 0 Å². The van der Waals surface area contributed by atoms with E-state index >= 15 is 0 Å². The topological polar surface area (TPSA) is 118 Å². The monoisotopic (exact) mass is 389 g/mol. The quantitative estimate of drug-likeness (QED) is 0.494. The number of nitrogens with zero attached hydrogens (tertiary/aromatic N) is 3. The number of carbonyl (C=O) groups is 1. The molecule has 0 saturated carbocycles. The Balaban J connectivity index is 1.74. The molecule has 5 N–H and O–H groups in total. The van der Waals surface area contributed by atoms with Crippen LogP contribution in [0.25, 0.3) is 0 Å². The molecule has 26 heavy (non-hydrogen) atoms. The Morgan fingerprint density at radius 1 is 1.04 bits per heavy atom. The highest BCUT2D eigenvalue weighted by molar-refractivity contribution is 6.36. The maximum Gasteiger partial charge on any atom is 0.269 e. The molecule has 0 aliphatic rings. The fraction of sp³-hybridized carbons (Fsp3) is 0. The van der Waals surface area contributed by atoms with Crippen LogP contribution in [0.4, 0.5) is 23.0 Å². The Kier molecular flexibility index (Phi) is 5.35.